The molecule has 6 heteroatoms. The molecule has 1 aromatic rings. The summed E-state index contributed by atoms with van der Waals surface area (Å²) in [5.41, 5.74) is 2.51. The molecule has 0 amide bonds. The average Bonchev–Trinajstić information content (AvgIpc) is 2.68. The van der Waals surface area contributed by atoms with Gasteiger partial charge in [0.25, 0.3) is 0 Å². The van der Waals surface area contributed by atoms with Gasteiger partial charge in [-0.2, -0.15) is 0 Å². The second-order valence-electron chi connectivity index (χ2n) is 6.02. The number of benzene rings is 1. The van der Waals surface area contributed by atoms with Crippen LogP contribution in [0.25, 0.3) is 0 Å². The number of hydrogen-bond donors (Lipinski definition) is 2. The van der Waals surface area contributed by atoms with Gasteiger partial charge in [0.15, 0.2) is 5.96 Å². The molecule has 0 unspecified atom stereocenters. The third kappa shape index (κ3) is 7.32. The normalized spacial score (nSPS) is 15.3. The van der Waals surface area contributed by atoms with Gasteiger partial charge in [-0.05, 0) is 37.5 Å². The highest BCUT2D eigenvalue weighted by Crippen LogP contribution is 2.16. The zero-order valence-corrected chi connectivity index (χ0v) is 15.6. The molecule has 140 valence electrons. The SMILES string of the molecule is CCOCCCCNC(=NC)NCc1ccc(N2CCOCC2)cc1. The van der Waals surface area contributed by atoms with Crippen LogP contribution >= 0.6 is 0 Å². The lowest BCUT2D eigenvalue weighted by Gasteiger charge is -2.28. The van der Waals surface area contributed by atoms with E-state index in [4.69, 9.17) is 9.47 Å². The van der Waals surface area contributed by atoms with Crippen LogP contribution in [-0.4, -0.2) is 59.1 Å². The van der Waals surface area contributed by atoms with Gasteiger partial charge in [-0.3, -0.25) is 4.99 Å². The first-order valence-electron chi connectivity index (χ1n) is 9.27. The number of morpholine rings is 1. The molecular weight excluding hydrogens is 316 g/mol. The third-order valence-corrected chi connectivity index (χ3v) is 4.21. The third-order valence-electron chi connectivity index (χ3n) is 4.21. The summed E-state index contributed by atoms with van der Waals surface area (Å²) in [6.07, 6.45) is 2.15. The van der Waals surface area contributed by atoms with Crippen LogP contribution in [0.2, 0.25) is 0 Å². The first-order chi connectivity index (χ1) is 12.3. The van der Waals surface area contributed by atoms with Crippen LogP contribution in [0.1, 0.15) is 25.3 Å². The minimum absolute atomic E-state index is 0.766. The second kappa shape index (κ2) is 11.7. The van der Waals surface area contributed by atoms with Gasteiger partial charge >= 0.3 is 0 Å². The fraction of sp³-hybridized carbons (Fsp3) is 0.632. The molecule has 0 atom stereocenters. The number of nitrogens with zero attached hydrogens (tertiary/aromatic N) is 2. The number of guanidine groups is 1. The highest BCUT2D eigenvalue weighted by molar-refractivity contribution is 5.79. The number of anilines is 1. The Morgan fingerprint density at radius 1 is 1.16 bits per heavy atom. The predicted molar refractivity (Wildman–Crippen MR) is 103 cm³/mol. The molecule has 1 aliphatic heterocycles. The molecule has 0 radical (unpaired) electrons. The molecular formula is C19H32N4O2. The lowest BCUT2D eigenvalue weighted by atomic mass is 10.2. The maximum absolute atomic E-state index is 5.40. The van der Waals surface area contributed by atoms with E-state index in [2.05, 4.69) is 44.8 Å². The Kier molecular flexibility index (Phi) is 9.15. The lowest BCUT2D eigenvalue weighted by molar-refractivity contribution is 0.122. The van der Waals surface area contributed by atoms with E-state index in [1.54, 1.807) is 7.05 Å². The van der Waals surface area contributed by atoms with E-state index in [1.807, 2.05) is 6.92 Å². The number of unbranched alkanes of at least 4 members (excludes halogenated alkanes) is 1. The molecule has 1 heterocycles. The van der Waals surface area contributed by atoms with Crippen molar-refractivity contribution in [3.05, 3.63) is 29.8 Å². The molecule has 0 saturated carbocycles. The maximum atomic E-state index is 5.40. The van der Waals surface area contributed by atoms with E-state index in [0.29, 0.717) is 0 Å². The number of ether oxygens (including phenoxy) is 2. The molecule has 1 aliphatic rings. The fourth-order valence-electron chi connectivity index (χ4n) is 2.73. The summed E-state index contributed by atoms with van der Waals surface area (Å²) < 4.78 is 10.7. The number of nitrogens with one attached hydrogen (secondary N) is 2. The van der Waals surface area contributed by atoms with Crippen molar-refractivity contribution < 1.29 is 9.47 Å². The van der Waals surface area contributed by atoms with E-state index in [1.165, 1.54) is 11.3 Å². The Labute approximate surface area is 151 Å². The summed E-state index contributed by atoms with van der Waals surface area (Å²) in [5.74, 6) is 0.841. The van der Waals surface area contributed by atoms with Crippen LogP contribution in [0.5, 0.6) is 0 Å². The first-order valence-corrected chi connectivity index (χ1v) is 9.27. The van der Waals surface area contributed by atoms with E-state index in [0.717, 1.165) is 71.4 Å². The van der Waals surface area contributed by atoms with Crippen LogP contribution in [0.15, 0.2) is 29.3 Å². The van der Waals surface area contributed by atoms with Crippen molar-refractivity contribution in [1.29, 1.82) is 0 Å². The zero-order chi connectivity index (χ0) is 17.7. The van der Waals surface area contributed by atoms with Crippen LogP contribution in [0, 0.1) is 0 Å². The van der Waals surface area contributed by atoms with Crippen molar-refractivity contribution >= 4 is 11.6 Å². The summed E-state index contributed by atoms with van der Waals surface area (Å²) in [6.45, 7) is 8.89. The zero-order valence-electron chi connectivity index (χ0n) is 15.6. The fourth-order valence-corrected chi connectivity index (χ4v) is 2.73. The Hall–Kier alpha value is -1.79. The summed E-state index contributed by atoms with van der Waals surface area (Å²) in [5, 5.41) is 6.70. The molecule has 25 heavy (non-hydrogen) atoms. The maximum Gasteiger partial charge on any atom is 0.191 e. The molecule has 6 nitrogen and oxygen atoms in total. The number of rotatable bonds is 9. The van der Waals surface area contributed by atoms with Gasteiger partial charge in [0.1, 0.15) is 0 Å². The molecule has 0 spiro atoms. The highest BCUT2D eigenvalue weighted by atomic mass is 16.5. The largest absolute Gasteiger partial charge is 0.382 e. The lowest BCUT2D eigenvalue weighted by Crippen LogP contribution is -2.37. The minimum atomic E-state index is 0.766. The summed E-state index contributed by atoms with van der Waals surface area (Å²) >= 11 is 0. The standard InChI is InChI=1S/C19H32N4O2/c1-3-24-13-5-4-10-21-19(20-2)22-16-17-6-8-18(9-7-17)23-11-14-25-15-12-23/h6-9H,3-5,10-16H2,1-2H3,(H2,20,21,22). The van der Waals surface area contributed by atoms with E-state index in [-0.39, 0.29) is 0 Å². The molecule has 0 bridgehead atoms. The molecule has 1 aromatic carbocycles. The Balaban J connectivity index is 1.68. The summed E-state index contributed by atoms with van der Waals surface area (Å²) in [4.78, 5) is 6.63. The summed E-state index contributed by atoms with van der Waals surface area (Å²) in [7, 11) is 1.80. The topological polar surface area (TPSA) is 58.1 Å². The van der Waals surface area contributed by atoms with Gasteiger partial charge in [-0.25, -0.2) is 0 Å². The van der Waals surface area contributed by atoms with Gasteiger partial charge in [0, 0.05) is 52.1 Å². The molecule has 0 aliphatic carbocycles. The van der Waals surface area contributed by atoms with E-state index >= 15 is 0 Å². The first kappa shape index (κ1) is 19.5. The van der Waals surface area contributed by atoms with Crippen molar-refractivity contribution in [2.45, 2.75) is 26.3 Å². The smallest absolute Gasteiger partial charge is 0.191 e. The highest BCUT2D eigenvalue weighted by Gasteiger charge is 2.10. The molecule has 1 saturated heterocycles. The van der Waals surface area contributed by atoms with Gasteiger partial charge < -0.3 is 25.0 Å². The van der Waals surface area contributed by atoms with Crippen molar-refractivity contribution in [3.8, 4) is 0 Å². The predicted octanol–water partition coefficient (Wildman–Crippen LogP) is 2.00. The van der Waals surface area contributed by atoms with E-state index < -0.39 is 0 Å². The monoisotopic (exact) mass is 348 g/mol. The molecule has 0 aromatic heterocycles. The Morgan fingerprint density at radius 2 is 1.92 bits per heavy atom. The minimum Gasteiger partial charge on any atom is -0.382 e. The van der Waals surface area contributed by atoms with Crippen LogP contribution in [-0.2, 0) is 16.0 Å². The molecule has 2 rings (SSSR count). The van der Waals surface area contributed by atoms with Gasteiger partial charge in [-0.15, -0.1) is 0 Å². The van der Waals surface area contributed by atoms with Crippen LogP contribution in [0.4, 0.5) is 5.69 Å². The van der Waals surface area contributed by atoms with Gasteiger partial charge in [0.05, 0.1) is 13.2 Å². The number of hydrogen-bond acceptors (Lipinski definition) is 4. The van der Waals surface area contributed by atoms with Crippen molar-refractivity contribution in [2.75, 3.05) is 58.0 Å². The average molecular weight is 348 g/mol. The number of aliphatic imine (C=N–C) groups is 1. The second-order valence-corrected chi connectivity index (χ2v) is 6.02. The van der Waals surface area contributed by atoms with Gasteiger partial charge in [-0.1, -0.05) is 12.1 Å². The Morgan fingerprint density at radius 3 is 2.60 bits per heavy atom. The van der Waals surface area contributed by atoms with Gasteiger partial charge in [0.2, 0.25) is 0 Å². The summed E-state index contributed by atoms with van der Waals surface area (Å²) in [6, 6.07) is 8.72. The molecule has 1 fully saturated rings. The van der Waals surface area contributed by atoms with Crippen LogP contribution in [0.3, 0.4) is 0 Å². The van der Waals surface area contributed by atoms with E-state index in [9.17, 15) is 0 Å². The van der Waals surface area contributed by atoms with Crippen LogP contribution < -0.4 is 15.5 Å². The van der Waals surface area contributed by atoms with Crippen molar-refractivity contribution in [2.24, 2.45) is 4.99 Å². The van der Waals surface area contributed by atoms with Crippen molar-refractivity contribution in [1.82, 2.24) is 10.6 Å². The molecule has 2 N–H and O–H groups in total. The Bertz CT molecular complexity index is 499. The van der Waals surface area contributed by atoms with Crippen molar-refractivity contribution in [3.63, 3.8) is 0 Å². The quantitative estimate of drug-likeness (QED) is 0.406.